The number of aldehydes is 2. The summed E-state index contributed by atoms with van der Waals surface area (Å²) in [5, 5.41) is 10.8. The predicted molar refractivity (Wildman–Crippen MR) is 93.1 cm³/mol. The molecule has 5 heteroatoms. The molecule has 0 fully saturated rings. The van der Waals surface area contributed by atoms with Crippen LogP contribution in [0.1, 0.15) is 27.0 Å². The highest BCUT2D eigenvalue weighted by Gasteiger charge is 2.12. The fourth-order valence-corrected chi connectivity index (χ4v) is 2.67. The number of phenolic OH excluding ortho intramolecular Hbond substituents is 1. The molecule has 1 heterocycles. The Morgan fingerprint density at radius 3 is 2.48 bits per heavy atom. The van der Waals surface area contributed by atoms with Crippen molar-refractivity contribution in [3.63, 3.8) is 0 Å². The van der Waals surface area contributed by atoms with Crippen molar-refractivity contribution >= 4 is 29.6 Å². The minimum atomic E-state index is -0.298. The maximum absolute atomic E-state index is 13.0. The Kier molecular flexibility index (Phi) is 4.66. The van der Waals surface area contributed by atoms with Gasteiger partial charge in [0.05, 0.1) is 5.56 Å². The number of carbonyl (C=O) groups excluding carboxylic acids is 2. The fraction of sp³-hybridized carbons (Fsp3) is 0.0500. The van der Waals surface area contributed by atoms with Gasteiger partial charge in [0.2, 0.25) is 0 Å². The maximum Gasteiger partial charge on any atom is 0.153 e. The third-order valence-electron chi connectivity index (χ3n) is 3.87. The van der Waals surface area contributed by atoms with Crippen molar-refractivity contribution in [1.29, 1.82) is 0 Å². The average Bonchev–Trinajstić information content (AvgIpc) is 2.63. The Labute approximate surface area is 143 Å². The number of nitrogens with zero attached hydrogens (tertiary/aromatic N) is 1. The molecule has 4 nitrogen and oxygen atoms in total. The molecule has 0 unspecified atom stereocenters. The summed E-state index contributed by atoms with van der Waals surface area (Å²) in [6, 6.07) is 9.52. The van der Waals surface area contributed by atoms with E-state index in [-0.39, 0.29) is 22.6 Å². The number of halogens is 1. The normalized spacial score (nSPS) is 11.1. The number of rotatable bonds is 5. The number of benzene rings is 2. The number of hydrogen-bond acceptors (Lipinski definition) is 4. The molecule has 0 radical (unpaired) electrons. The number of fused-ring (bicyclic) bond motifs is 1. The quantitative estimate of drug-likeness (QED) is 0.570. The Bertz CT molecular complexity index is 978. The second kappa shape index (κ2) is 7.05. The lowest BCUT2D eigenvalue weighted by Gasteiger charge is -2.09. The summed E-state index contributed by atoms with van der Waals surface area (Å²) < 4.78 is 13.0. The van der Waals surface area contributed by atoms with E-state index in [0.29, 0.717) is 29.9 Å². The fourth-order valence-electron chi connectivity index (χ4n) is 2.67. The van der Waals surface area contributed by atoms with Crippen LogP contribution >= 0.6 is 0 Å². The van der Waals surface area contributed by atoms with Gasteiger partial charge < -0.3 is 5.11 Å². The van der Waals surface area contributed by atoms with Crippen LogP contribution < -0.4 is 0 Å². The van der Waals surface area contributed by atoms with E-state index in [1.165, 1.54) is 24.3 Å². The number of pyridine rings is 1. The molecule has 0 aliphatic carbocycles. The van der Waals surface area contributed by atoms with Gasteiger partial charge in [-0.25, -0.2) is 4.39 Å². The van der Waals surface area contributed by atoms with Crippen molar-refractivity contribution in [2.24, 2.45) is 0 Å². The van der Waals surface area contributed by atoms with Gasteiger partial charge in [-0.15, -0.1) is 0 Å². The van der Waals surface area contributed by atoms with Crippen LogP contribution in [0.2, 0.25) is 0 Å². The van der Waals surface area contributed by atoms with Gasteiger partial charge in [0.15, 0.2) is 12.0 Å². The zero-order valence-electron chi connectivity index (χ0n) is 13.1. The van der Waals surface area contributed by atoms with E-state index >= 15 is 0 Å². The van der Waals surface area contributed by atoms with Gasteiger partial charge in [-0.05, 0) is 53.5 Å². The number of carbonyl (C=O) groups is 2. The van der Waals surface area contributed by atoms with Crippen LogP contribution in [0.25, 0.3) is 17.0 Å². The summed E-state index contributed by atoms with van der Waals surface area (Å²) >= 11 is 0. The number of phenols is 1. The Hall–Kier alpha value is -3.34. The van der Waals surface area contributed by atoms with Crippen molar-refractivity contribution in [3.05, 3.63) is 76.7 Å². The molecular weight excluding hydrogens is 321 g/mol. The van der Waals surface area contributed by atoms with Crippen LogP contribution in [0.5, 0.6) is 5.75 Å². The first-order chi connectivity index (χ1) is 12.1. The molecule has 3 aromatic rings. The summed E-state index contributed by atoms with van der Waals surface area (Å²) in [5.74, 6) is -0.491. The molecular formula is C20H14FNO3. The smallest absolute Gasteiger partial charge is 0.153 e. The van der Waals surface area contributed by atoms with Gasteiger partial charge in [0.1, 0.15) is 17.6 Å². The van der Waals surface area contributed by atoms with Gasteiger partial charge >= 0.3 is 0 Å². The molecule has 124 valence electrons. The molecule has 0 aliphatic rings. The zero-order chi connectivity index (χ0) is 17.8. The van der Waals surface area contributed by atoms with Crippen LogP contribution in [0.15, 0.2) is 48.7 Å². The van der Waals surface area contributed by atoms with Crippen LogP contribution in [0, 0.1) is 5.82 Å². The highest BCUT2D eigenvalue weighted by molar-refractivity contribution is 5.99. The first kappa shape index (κ1) is 16.5. The standard InChI is InChI=1S/C20H14FNO3/c21-17-5-3-13(4-6-17)8-14-9-18-15(2-1-7-23)10-16(12-24)20(25)19(18)22-11-14/h1-7,9-12,25H,8H2/b2-1+. The second-order valence-corrected chi connectivity index (χ2v) is 5.56. The first-order valence-electron chi connectivity index (χ1n) is 7.58. The van der Waals surface area contributed by atoms with Crippen molar-refractivity contribution in [2.45, 2.75) is 6.42 Å². The van der Waals surface area contributed by atoms with Gasteiger partial charge in [0, 0.05) is 11.6 Å². The van der Waals surface area contributed by atoms with Crippen molar-refractivity contribution in [3.8, 4) is 5.75 Å². The summed E-state index contributed by atoms with van der Waals surface area (Å²) in [4.78, 5) is 26.0. The summed E-state index contributed by atoms with van der Waals surface area (Å²) in [5.41, 5.74) is 2.78. The van der Waals surface area contributed by atoms with E-state index in [2.05, 4.69) is 4.98 Å². The van der Waals surface area contributed by atoms with Crippen LogP contribution in [0.4, 0.5) is 4.39 Å². The summed E-state index contributed by atoms with van der Waals surface area (Å²) in [6.45, 7) is 0. The lowest BCUT2D eigenvalue weighted by atomic mass is 9.99. The minimum absolute atomic E-state index is 0.108. The molecule has 3 rings (SSSR count). The average molecular weight is 335 g/mol. The van der Waals surface area contributed by atoms with E-state index in [9.17, 15) is 19.1 Å². The van der Waals surface area contributed by atoms with Crippen molar-refractivity contribution in [1.82, 2.24) is 4.98 Å². The highest BCUT2D eigenvalue weighted by Crippen LogP contribution is 2.31. The van der Waals surface area contributed by atoms with Crippen molar-refractivity contribution in [2.75, 3.05) is 0 Å². The second-order valence-electron chi connectivity index (χ2n) is 5.56. The number of hydrogen-bond donors (Lipinski definition) is 1. The summed E-state index contributed by atoms with van der Waals surface area (Å²) in [6.07, 6.45) is 6.19. The van der Waals surface area contributed by atoms with Crippen molar-refractivity contribution < 1.29 is 19.1 Å². The lowest BCUT2D eigenvalue weighted by molar-refractivity contribution is -0.104. The van der Waals surface area contributed by atoms with E-state index in [1.807, 2.05) is 6.07 Å². The predicted octanol–water partition coefficient (Wildman–Crippen LogP) is 3.69. The topological polar surface area (TPSA) is 67.3 Å². The van der Waals surface area contributed by atoms with Gasteiger partial charge in [0.25, 0.3) is 0 Å². The molecule has 25 heavy (non-hydrogen) atoms. The first-order valence-corrected chi connectivity index (χ1v) is 7.58. The SMILES string of the molecule is O=C/C=C/c1cc(C=O)c(O)c2ncc(Cc3ccc(F)cc3)cc12. The van der Waals surface area contributed by atoms with Crippen LogP contribution in [0.3, 0.4) is 0 Å². The van der Waals surface area contributed by atoms with Gasteiger partial charge in [-0.2, -0.15) is 0 Å². The highest BCUT2D eigenvalue weighted by atomic mass is 19.1. The van der Waals surface area contributed by atoms with Crippen LogP contribution in [-0.4, -0.2) is 22.7 Å². The Balaban J connectivity index is 2.11. The van der Waals surface area contributed by atoms with Gasteiger partial charge in [-0.3, -0.25) is 14.6 Å². The number of aromatic hydroxyl groups is 1. The molecule has 0 amide bonds. The van der Waals surface area contributed by atoms with E-state index in [1.54, 1.807) is 24.4 Å². The number of aromatic nitrogens is 1. The molecule has 0 spiro atoms. The molecule has 0 bridgehead atoms. The van der Waals surface area contributed by atoms with Gasteiger partial charge in [-0.1, -0.05) is 18.2 Å². The van der Waals surface area contributed by atoms with Crippen LogP contribution in [-0.2, 0) is 11.2 Å². The number of allylic oxidation sites excluding steroid dienone is 1. The molecule has 1 aromatic heterocycles. The minimum Gasteiger partial charge on any atom is -0.505 e. The lowest BCUT2D eigenvalue weighted by Crippen LogP contribution is -1.94. The third-order valence-corrected chi connectivity index (χ3v) is 3.87. The van der Waals surface area contributed by atoms with E-state index < -0.39 is 0 Å². The largest absolute Gasteiger partial charge is 0.505 e. The Morgan fingerprint density at radius 1 is 1.04 bits per heavy atom. The monoisotopic (exact) mass is 335 g/mol. The molecule has 0 saturated carbocycles. The molecule has 2 aromatic carbocycles. The molecule has 0 atom stereocenters. The maximum atomic E-state index is 13.0. The zero-order valence-corrected chi connectivity index (χ0v) is 13.1. The Morgan fingerprint density at radius 2 is 1.80 bits per heavy atom. The van der Waals surface area contributed by atoms with E-state index in [4.69, 9.17) is 0 Å². The third kappa shape index (κ3) is 3.45. The molecule has 0 aliphatic heterocycles. The molecule has 1 N–H and O–H groups in total. The summed E-state index contributed by atoms with van der Waals surface area (Å²) in [7, 11) is 0. The molecule has 0 saturated heterocycles. The van der Waals surface area contributed by atoms with E-state index in [0.717, 1.165) is 11.1 Å².